The third kappa shape index (κ3) is 2.57. The number of hydrogen-bond acceptors (Lipinski definition) is 5. The first-order valence-corrected chi connectivity index (χ1v) is 7.20. The number of halogens is 1. The quantitative estimate of drug-likeness (QED) is 0.933. The van der Waals surface area contributed by atoms with Crippen molar-refractivity contribution in [3.8, 4) is 5.75 Å². The number of amides is 1. The van der Waals surface area contributed by atoms with E-state index >= 15 is 0 Å². The zero-order chi connectivity index (χ0) is 15.7. The molecule has 0 fully saturated rings. The van der Waals surface area contributed by atoms with Crippen LogP contribution in [0.2, 0.25) is 5.15 Å². The standard InChI is InChI=1S/C15H15ClN4O2/c1-22-12-4-2-3-9-8-20(6-5-10(9)12)15-11(14(17)21)7-13(16)18-19-15/h2-4,7H,5-6,8H2,1H3,(H2,17,21). The van der Waals surface area contributed by atoms with Gasteiger partial charge < -0.3 is 15.4 Å². The van der Waals surface area contributed by atoms with Crippen LogP contribution in [0.4, 0.5) is 5.82 Å². The van der Waals surface area contributed by atoms with Crippen LogP contribution < -0.4 is 15.4 Å². The maximum Gasteiger partial charge on any atom is 0.252 e. The van der Waals surface area contributed by atoms with Crippen molar-refractivity contribution in [3.63, 3.8) is 0 Å². The third-order valence-corrected chi connectivity index (χ3v) is 3.94. The normalized spacial score (nSPS) is 13.6. The van der Waals surface area contributed by atoms with Crippen LogP contribution in [0.25, 0.3) is 0 Å². The molecule has 1 aliphatic heterocycles. The minimum atomic E-state index is -0.566. The second-order valence-corrected chi connectivity index (χ2v) is 5.43. The lowest BCUT2D eigenvalue weighted by atomic mass is 9.98. The van der Waals surface area contributed by atoms with E-state index in [-0.39, 0.29) is 10.7 Å². The lowest BCUT2D eigenvalue weighted by Crippen LogP contribution is -2.33. The van der Waals surface area contributed by atoms with Crippen LogP contribution in [0.1, 0.15) is 21.5 Å². The summed E-state index contributed by atoms with van der Waals surface area (Å²) in [5.74, 6) is 0.781. The minimum Gasteiger partial charge on any atom is -0.496 e. The SMILES string of the molecule is COc1cccc2c1CCN(c1nnc(Cl)cc1C(N)=O)C2. The predicted octanol–water partition coefficient (Wildman–Crippen LogP) is 1.80. The van der Waals surface area contributed by atoms with E-state index in [2.05, 4.69) is 10.2 Å². The molecule has 1 aromatic heterocycles. The highest BCUT2D eigenvalue weighted by atomic mass is 35.5. The highest BCUT2D eigenvalue weighted by molar-refractivity contribution is 6.29. The Morgan fingerprint density at radius 1 is 1.41 bits per heavy atom. The highest BCUT2D eigenvalue weighted by Gasteiger charge is 2.24. The van der Waals surface area contributed by atoms with E-state index in [0.29, 0.717) is 18.9 Å². The number of nitrogens with zero attached hydrogens (tertiary/aromatic N) is 3. The van der Waals surface area contributed by atoms with Crippen molar-refractivity contribution < 1.29 is 9.53 Å². The summed E-state index contributed by atoms with van der Waals surface area (Å²) in [5, 5.41) is 8.03. The number of benzene rings is 1. The van der Waals surface area contributed by atoms with Gasteiger partial charge in [-0.15, -0.1) is 10.2 Å². The van der Waals surface area contributed by atoms with Gasteiger partial charge in [-0.05, 0) is 24.1 Å². The van der Waals surface area contributed by atoms with Crippen molar-refractivity contribution in [1.82, 2.24) is 10.2 Å². The van der Waals surface area contributed by atoms with E-state index in [1.54, 1.807) is 7.11 Å². The zero-order valence-electron chi connectivity index (χ0n) is 12.0. The maximum absolute atomic E-state index is 11.6. The molecule has 114 valence electrons. The number of nitrogens with two attached hydrogens (primary N) is 1. The largest absolute Gasteiger partial charge is 0.496 e. The van der Waals surface area contributed by atoms with E-state index in [1.165, 1.54) is 11.6 Å². The Kier molecular flexibility index (Phi) is 3.85. The molecule has 6 nitrogen and oxygen atoms in total. The minimum absolute atomic E-state index is 0.150. The number of methoxy groups -OCH3 is 1. The number of hydrogen-bond donors (Lipinski definition) is 1. The predicted molar refractivity (Wildman–Crippen MR) is 83.3 cm³/mol. The second kappa shape index (κ2) is 5.81. The van der Waals surface area contributed by atoms with E-state index < -0.39 is 5.91 Å². The number of primary amides is 1. The van der Waals surface area contributed by atoms with Gasteiger partial charge in [0.2, 0.25) is 0 Å². The van der Waals surface area contributed by atoms with Gasteiger partial charge in [0.1, 0.15) is 5.75 Å². The number of rotatable bonds is 3. The first-order chi connectivity index (χ1) is 10.6. The van der Waals surface area contributed by atoms with Crippen LogP contribution in [0.3, 0.4) is 0 Å². The molecule has 1 aliphatic rings. The zero-order valence-corrected chi connectivity index (χ0v) is 12.8. The van der Waals surface area contributed by atoms with Crippen LogP contribution in [0.5, 0.6) is 5.75 Å². The van der Waals surface area contributed by atoms with Crippen molar-refractivity contribution in [1.29, 1.82) is 0 Å². The van der Waals surface area contributed by atoms with Gasteiger partial charge in [-0.1, -0.05) is 23.7 Å². The number of fused-ring (bicyclic) bond motifs is 1. The molecule has 1 amide bonds. The summed E-state index contributed by atoms with van der Waals surface area (Å²) in [6.07, 6.45) is 0.794. The number of ether oxygens (including phenoxy) is 1. The lowest BCUT2D eigenvalue weighted by Gasteiger charge is -2.31. The molecule has 2 N–H and O–H groups in total. The molecule has 0 atom stereocenters. The Labute approximate surface area is 132 Å². The van der Waals surface area contributed by atoms with Crippen LogP contribution in [0.15, 0.2) is 24.3 Å². The number of anilines is 1. The Balaban J connectivity index is 1.97. The molecule has 7 heteroatoms. The van der Waals surface area contributed by atoms with Crippen LogP contribution >= 0.6 is 11.6 Å². The van der Waals surface area contributed by atoms with E-state index in [9.17, 15) is 4.79 Å². The molecule has 0 unspecified atom stereocenters. The van der Waals surface area contributed by atoms with Gasteiger partial charge in [-0.2, -0.15) is 0 Å². The molecule has 1 aromatic carbocycles. The van der Waals surface area contributed by atoms with Crippen molar-refractivity contribution in [3.05, 3.63) is 46.1 Å². The highest BCUT2D eigenvalue weighted by Crippen LogP contribution is 2.30. The molecule has 0 aliphatic carbocycles. The van der Waals surface area contributed by atoms with E-state index in [4.69, 9.17) is 22.1 Å². The van der Waals surface area contributed by atoms with Gasteiger partial charge in [-0.3, -0.25) is 4.79 Å². The van der Waals surface area contributed by atoms with Gasteiger partial charge in [0.15, 0.2) is 11.0 Å². The molecule has 0 bridgehead atoms. The first-order valence-electron chi connectivity index (χ1n) is 6.83. The monoisotopic (exact) mass is 318 g/mol. The molecule has 0 spiro atoms. The summed E-state index contributed by atoms with van der Waals surface area (Å²) in [6.45, 7) is 1.31. The summed E-state index contributed by atoms with van der Waals surface area (Å²) in [5.41, 5.74) is 8.02. The number of aromatic nitrogens is 2. The van der Waals surface area contributed by atoms with E-state index in [0.717, 1.165) is 17.7 Å². The average Bonchev–Trinajstić information content (AvgIpc) is 2.53. The van der Waals surface area contributed by atoms with Crippen molar-refractivity contribution >= 4 is 23.3 Å². The molecule has 2 aromatic rings. The molecular weight excluding hydrogens is 304 g/mol. The van der Waals surface area contributed by atoms with E-state index in [1.807, 2.05) is 23.1 Å². The maximum atomic E-state index is 11.6. The van der Waals surface area contributed by atoms with Gasteiger partial charge in [-0.25, -0.2) is 0 Å². The molecule has 3 rings (SSSR count). The van der Waals surface area contributed by atoms with Crippen LogP contribution in [0, 0.1) is 0 Å². The topological polar surface area (TPSA) is 81.3 Å². The fourth-order valence-corrected chi connectivity index (χ4v) is 2.87. The summed E-state index contributed by atoms with van der Waals surface area (Å²) in [4.78, 5) is 13.6. The molecule has 0 saturated heterocycles. The fourth-order valence-electron chi connectivity index (χ4n) is 2.72. The molecule has 22 heavy (non-hydrogen) atoms. The molecular formula is C15H15ClN4O2. The lowest BCUT2D eigenvalue weighted by molar-refractivity contribution is 0.1000. The molecule has 2 heterocycles. The molecule has 0 saturated carbocycles. The first kappa shape index (κ1) is 14.6. The summed E-state index contributed by atoms with van der Waals surface area (Å²) < 4.78 is 5.39. The average molecular weight is 319 g/mol. The Morgan fingerprint density at radius 2 is 2.23 bits per heavy atom. The summed E-state index contributed by atoms with van der Waals surface area (Å²) in [6, 6.07) is 7.39. The van der Waals surface area contributed by atoms with Gasteiger partial charge in [0.25, 0.3) is 5.91 Å². The summed E-state index contributed by atoms with van der Waals surface area (Å²) in [7, 11) is 1.66. The van der Waals surface area contributed by atoms with Crippen molar-refractivity contribution in [2.24, 2.45) is 5.73 Å². The Bertz CT molecular complexity index is 735. The second-order valence-electron chi connectivity index (χ2n) is 5.04. The molecule has 0 radical (unpaired) electrons. The van der Waals surface area contributed by atoms with Gasteiger partial charge >= 0.3 is 0 Å². The Morgan fingerprint density at radius 3 is 2.95 bits per heavy atom. The van der Waals surface area contributed by atoms with Crippen LogP contribution in [-0.4, -0.2) is 29.8 Å². The van der Waals surface area contributed by atoms with Crippen LogP contribution in [-0.2, 0) is 13.0 Å². The fraction of sp³-hybridized carbons (Fsp3) is 0.267. The van der Waals surface area contributed by atoms with Crippen molar-refractivity contribution in [2.75, 3.05) is 18.6 Å². The summed E-state index contributed by atoms with van der Waals surface area (Å²) >= 11 is 5.80. The number of carbonyl (C=O) groups excluding carboxylic acids is 1. The van der Waals surface area contributed by atoms with Gasteiger partial charge in [0.05, 0.1) is 12.7 Å². The van der Waals surface area contributed by atoms with Gasteiger partial charge in [0, 0.05) is 18.7 Å². The smallest absolute Gasteiger partial charge is 0.252 e. The third-order valence-electron chi connectivity index (χ3n) is 3.75. The Hall–Kier alpha value is -2.34. The van der Waals surface area contributed by atoms with Crippen molar-refractivity contribution in [2.45, 2.75) is 13.0 Å². The number of carbonyl (C=O) groups is 1.